The zero-order valence-electron chi connectivity index (χ0n) is 15.1. The van der Waals surface area contributed by atoms with Crippen LogP contribution in [-0.2, 0) is 11.2 Å². The average Bonchev–Trinajstić information content (AvgIpc) is 3.21. The second kappa shape index (κ2) is 7.18. The zero-order valence-corrected chi connectivity index (χ0v) is 15.1. The van der Waals surface area contributed by atoms with Crippen LogP contribution in [0.25, 0.3) is 0 Å². The molecular formula is C19H30N2O3. The largest absolute Gasteiger partial charge is 0.469 e. The molecule has 0 spiro atoms. The smallest absolute Gasteiger partial charge is 0.410 e. The van der Waals surface area contributed by atoms with Crippen molar-refractivity contribution < 1.29 is 13.9 Å². The number of rotatable bonds is 6. The Morgan fingerprint density at radius 3 is 2.88 bits per heavy atom. The Hall–Kier alpha value is -1.49. The molecule has 0 saturated heterocycles. The van der Waals surface area contributed by atoms with Crippen LogP contribution < -0.4 is 5.32 Å². The summed E-state index contributed by atoms with van der Waals surface area (Å²) in [6.07, 6.45) is 8.16. The van der Waals surface area contributed by atoms with Gasteiger partial charge in [-0.1, -0.05) is 0 Å². The number of hydrogen-bond donors (Lipinski definition) is 1. The van der Waals surface area contributed by atoms with Crippen molar-refractivity contribution in [2.24, 2.45) is 0 Å². The van der Waals surface area contributed by atoms with E-state index in [1.807, 2.05) is 25.7 Å². The third-order valence-electron chi connectivity index (χ3n) is 4.63. The SMILES string of the molecule is CC(C)(C)OC(=O)N(CCCNC1CCCc2occc21)C1CC1. The number of aryl methyl sites for hydroxylation is 1. The number of amides is 1. The summed E-state index contributed by atoms with van der Waals surface area (Å²) in [5.74, 6) is 1.13. The van der Waals surface area contributed by atoms with Gasteiger partial charge in [0, 0.05) is 30.6 Å². The van der Waals surface area contributed by atoms with Crippen molar-refractivity contribution in [1.29, 1.82) is 0 Å². The third kappa shape index (κ3) is 4.53. The molecule has 1 saturated carbocycles. The normalized spacial score (nSPS) is 20.5. The zero-order chi connectivity index (χ0) is 17.2. The molecule has 24 heavy (non-hydrogen) atoms. The van der Waals surface area contributed by atoms with E-state index in [4.69, 9.17) is 9.15 Å². The van der Waals surface area contributed by atoms with Gasteiger partial charge in [0.15, 0.2) is 0 Å². The number of ether oxygens (including phenoxy) is 1. The van der Waals surface area contributed by atoms with Crippen molar-refractivity contribution >= 4 is 6.09 Å². The minimum atomic E-state index is -0.428. The van der Waals surface area contributed by atoms with Crippen molar-refractivity contribution in [3.05, 3.63) is 23.7 Å². The Morgan fingerprint density at radius 2 is 2.17 bits per heavy atom. The molecule has 5 heteroatoms. The van der Waals surface area contributed by atoms with E-state index in [1.165, 1.54) is 12.0 Å². The fourth-order valence-electron chi connectivity index (χ4n) is 3.35. The quantitative estimate of drug-likeness (QED) is 0.798. The first-order chi connectivity index (χ1) is 11.4. The summed E-state index contributed by atoms with van der Waals surface area (Å²) in [7, 11) is 0. The van der Waals surface area contributed by atoms with Gasteiger partial charge >= 0.3 is 6.09 Å². The number of nitrogens with zero attached hydrogens (tertiary/aromatic N) is 1. The Morgan fingerprint density at radius 1 is 1.38 bits per heavy atom. The van der Waals surface area contributed by atoms with E-state index in [2.05, 4.69) is 11.4 Å². The molecule has 2 aliphatic carbocycles. The van der Waals surface area contributed by atoms with Crippen molar-refractivity contribution in [2.45, 2.75) is 77.0 Å². The summed E-state index contributed by atoms with van der Waals surface area (Å²) >= 11 is 0. The Balaban J connectivity index is 1.44. The summed E-state index contributed by atoms with van der Waals surface area (Å²) in [4.78, 5) is 14.2. The molecule has 1 aromatic heterocycles. The molecule has 1 N–H and O–H groups in total. The van der Waals surface area contributed by atoms with Crippen LogP contribution in [0.2, 0.25) is 0 Å². The number of carbonyl (C=O) groups is 1. The van der Waals surface area contributed by atoms with E-state index in [0.717, 1.165) is 51.0 Å². The molecule has 0 aromatic carbocycles. The van der Waals surface area contributed by atoms with E-state index < -0.39 is 5.60 Å². The number of carbonyl (C=O) groups excluding carboxylic acids is 1. The van der Waals surface area contributed by atoms with Crippen LogP contribution in [0.4, 0.5) is 4.79 Å². The van der Waals surface area contributed by atoms with Gasteiger partial charge in [-0.15, -0.1) is 0 Å². The standard InChI is InChI=1S/C19H30N2O3/c1-19(2,3)24-18(22)21(14-8-9-14)12-5-11-20-16-6-4-7-17-15(16)10-13-23-17/h10,13-14,16,20H,4-9,11-12H2,1-3H3. The van der Waals surface area contributed by atoms with Crippen LogP contribution in [0.15, 0.2) is 16.7 Å². The maximum atomic E-state index is 12.3. The van der Waals surface area contributed by atoms with Crippen LogP contribution in [0.1, 0.15) is 70.2 Å². The minimum Gasteiger partial charge on any atom is -0.469 e. The highest BCUT2D eigenvalue weighted by Crippen LogP contribution is 2.31. The monoisotopic (exact) mass is 334 g/mol. The molecule has 1 aromatic rings. The van der Waals surface area contributed by atoms with Gasteiger partial charge in [0.25, 0.3) is 0 Å². The van der Waals surface area contributed by atoms with Gasteiger partial charge < -0.3 is 19.4 Å². The lowest BCUT2D eigenvalue weighted by Crippen LogP contribution is -2.39. The lowest BCUT2D eigenvalue weighted by atomic mass is 9.93. The minimum absolute atomic E-state index is 0.167. The molecule has 0 aliphatic heterocycles. The van der Waals surface area contributed by atoms with Crippen molar-refractivity contribution in [3.63, 3.8) is 0 Å². The highest BCUT2D eigenvalue weighted by molar-refractivity contribution is 5.69. The number of fused-ring (bicyclic) bond motifs is 1. The van der Waals surface area contributed by atoms with Gasteiger partial charge in [0.1, 0.15) is 11.4 Å². The van der Waals surface area contributed by atoms with Crippen molar-refractivity contribution in [2.75, 3.05) is 13.1 Å². The molecule has 134 valence electrons. The summed E-state index contributed by atoms with van der Waals surface area (Å²) in [6.45, 7) is 7.42. The third-order valence-corrected chi connectivity index (χ3v) is 4.63. The maximum absolute atomic E-state index is 12.3. The van der Waals surface area contributed by atoms with Crippen molar-refractivity contribution in [3.8, 4) is 0 Å². The summed E-state index contributed by atoms with van der Waals surface area (Å²) in [5.41, 5.74) is 0.884. The van der Waals surface area contributed by atoms with Crippen LogP contribution in [0.3, 0.4) is 0 Å². The van der Waals surface area contributed by atoms with Gasteiger partial charge in [0.2, 0.25) is 0 Å². The molecule has 2 aliphatic rings. The predicted octanol–water partition coefficient (Wildman–Crippen LogP) is 4.04. The lowest BCUT2D eigenvalue weighted by molar-refractivity contribution is 0.0231. The molecule has 0 bridgehead atoms. The second-order valence-electron chi connectivity index (χ2n) is 7.96. The molecule has 1 fully saturated rings. The number of nitrogens with one attached hydrogen (secondary N) is 1. The summed E-state index contributed by atoms with van der Waals surface area (Å²) in [6, 6.07) is 2.86. The fourth-order valence-corrected chi connectivity index (χ4v) is 3.35. The highest BCUT2D eigenvalue weighted by atomic mass is 16.6. The molecule has 3 rings (SSSR count). The predicted molar refractivity (Wildman–Crippen MR) is 93.0 cm³/mol. The topological polar surface area (TPSA) is 54.7 Å². The van der Waals surface area contributed by atoms with Crippen LogP contribution >= 0.6 is 0 Å². The first kappa shape index (κ1) is 17.3. The Kier molecular flexibility index (Phi) is 5.18. The van der Waals surface area contributed by atoms with Crippen LogP contribution in [-0.4, -0.2) is 35.7 Å². The van der Waals surface area contributed by atoms with Crippen LogP contribution in [0, 0.1) is 0 Å². The van der Waals surface area contributed by atoms with E-state index >= 15 is 0 Å². The molecule has 0 radical (unpaired) electrons. The van der Waals surface area contributed by atoms with Gasteiger partial charge in [-0.3, -0.25) is 0 Å². The van der Waals surface area contributed by atoms with E-state index in [0.29, 0.717) is 12.1 Å². The Labute approximate surface area is 144 Å². The van der Waals surface area contributed by atoms with E-state index in [1.54, 1.807) is 6.26 Å². The van der Waals surface area contributed by atoms with E-state index in [-0.39, 0.29) is 6.09 Å². The fraction of sp³-hybridized carbons (Fsp3) is 0.737. The number of hydrogen-bond acceptors (Lipinski definition) is 4. The van der Waals surface area contributed by atoms with Gasteiger partial charge in [0.05, 0.1) is 6.26 Å². The summed E-state index contributed by atoms with van der Waals surface area (Å²) in [5, 5.41) is 3.63. The van der Waals surface area contributed by atoms with Gasteiger partial charge in [-0.05, 0) is 65.5 Å². The van der Waals surface area contributed by atoms with Gasteiger partial charge in [-0.25, -0.2) is 4.79 Å². The summed E-state index contributed by atoms with van der Waals surface area (Å²) < 4.78 is 11.1. The highest BCUT2D eigenvalue weighted by Gasteiger charge is 2.34. The van der Waals surface area contributed by atoms with Crippen LogP contribution in [0.5, 0.6) is 0 Å². The lowest BCUT2D eigenvalue weighted by Gasteiger charge is -2.28. The van der Waals surface area contributed by atoms with Gasteiger partial charge in [-0.2, -0.15) is 0 Å². The molecule has 1 heterocycles. The van der Waals surface area contributed by atoms with E-state index in [9.17, 15) is 4.79 Å². The molecule has 1 atom stereocenters. The first-order valence-electron chi connectivity index (χ1n) is 9.23. The first-order valence-corrected chi connectivity index (χ1v) is 9.23. The molecule has 1 amide bonds. The van der Waals surface area contributed by atoms with Crippen molar-refractivity contribution in [1.82, 2.24) is 10.2 Å². The number of furan rings is 1. The Bertz CT molecular complexity index is 557. The second-order valence-corrected chi connectivity index (χ2v) is 7.96. The average molecular weight is 334 g/mol. The maximum Gasteiger partial charge on any atom is 0.410 e. The molecular weight excluding hydrogens is 304 g/mol. The molecule has 5 nitrogen and oxygen atoms in total. The molecule has 1 unspecified atom stereocenters.